The predicted octanol–water partition coefficient (Wildman–Crippen LogP) is 5.58. The first-order valence-corrected chi connectivity index (χ1v) is 16.8. The maximum atomic E-state index is 14.0. The van der Waals surface area contributed by atoms with Crippen LogP contribution >= 0.6 is 0 Å². The number of rotatable bonds is 4. The summed E-state index contributed by atoms with van der Waals surface area (Å²) in [6.07, 6.45) is 11.2. The Labute approximate surface area is 263 Å². The second kappa shape index (κ2) is 13.5. The van der Waals surface area contributed by atoms with Gasteiger partial charge in [0, 0.05) is 31.8 Å². The summed E-state index contributed by atoms with van der Waals surface area (Å²) in [5, 5.41) is 23.2. The molecule has 246 valence electrons. The molecule has 0 saturated carbocycles. The lowest BCUT2D eigenvalue weighted by molar-refractivity contribution is -0.335. The largest absolute Gasteiger partial charge is 0.462 e. The van der Waals surface area contributed by atoms with E-state index in [1.54, 1.807) is 13.0 Å². The third kappa shape index (κ3) is 6.67. The van der Waals surface area contributed by atoms with Crippen molar-refractivity contribution in [3.63, 3.8) is 0 Å². The second-order valence-electron chi connectivity index (χ2n) is 14.4. The Morgan fingerprint density at radius 3 is 2.64 bits per heavy atom. The van der Waals surface area contributed by atoms with Crippen LogP contribution in [0.3, 0.4) is 0 Å². The summed E-state index contributed by atoms with van der Waals surface area (Å²) in [5.74, 6) is -1.49. The van der Waals surface area contributed by atoms with E-state index in [2.05, 4.69) is 53.7 Å². The van der Waals surface area contributed by atoms with Crippen molar-refractivity contribution >= 4 is 5.97 Å². The van der Waals surface area contributed by atoms with Crippen molar-refractivity contribution in [1.29, 1.82) is 0 Å². The van der Waals surface area contributed by atoms with Crippen molar-refractivity contribution < 1.29 is 38.7 Å². The van der Waals surface area contributed by atoms with E-state index in [1.807, 2.05) is 12.2 Å². The maximum Gasteiger partial charge on any atom is 0.316 e. The molecule has 5 aliphatic rings. The average Bonchev–Trinajstić information content (AvgIpc) is 3.31. The molecule has 0 aromatic carbocycles. The number of ether oxygens (including phenoxy) is 5. The maximum absolute atomic E-state index is 14.0. The molecule has 5 rings (SSSR count). The number of aliphatic hydroxyl groups excluding tert-OH is 1. The van der Waals surface area contributed by atoms with Gasteiger partial charge in [0.05, 0.1) is 24.9 Å². The molecule has 4 aliphatic heterocycles. The molecule has 11 atom stereocenters. The average molecular weight is 615 g/mol. The van der Waals surface area contributed by atoms with Gasteiger partial charge in [0.2, 0.25) is 0 Å². The molecule has 1 spiro atoms. The highest BCUT2D eigenvalue weighted by molar-refractivity contribution is 5.78. The minimum Gasteiger partial charge on any atom is -0.462 e. The fraction of sp³-hybridized carbons (Fsp3) is 0.750. The van der Waals surface area contributed by atoms with Gasteiger partial charge in [0.1, 0.15) is 29.8 Å². The molecule has 2 N–H and O–H groups in total. The van der Waals surface area contributed by atoms with E-state index < -0.39 is 41.6 Å². The van der Waals surface area contributed by atoms with Gasteiger partial charge in [0.15, 0.2) is 5.79 Å². The van der Waals surface area contributed by atoms with Crippen LogP contribution in [0.1, 0.15) is 87.0 Å². The lowest BCUT2D eigenvalue weighted by atomic mass is 9.71. The zero-order valence-electron chi connectivity index (χ0n) is 27.7. The highest BCUT2D eigenvalue weighted by Gasteiger charge is 2.60. The smallest absolute Gasteiger partial charge is 0.316 e. The van der Waals surface area contributed by atoms with Crippen LogP contribution in [0.4, 0.5) is 0 Å². The van der Waals surface area contributed by atoms with Gasteiger partial charge in [-0.1, -0.05) is 65.0 Å². The van der Waals surface area contributed by atoms with Crippen LogP contribution < -0.4 is 0 Å². The van der Waals surface area contributed by atoms with Crippen molar-refractivity contribution in [3.05, 3.63) is 47.1 Å². The molecule has 0 aromatic rings. The summed E-state index contributed by atoms with van der Waals surface area (Å²) >= 11 is 0. The van der Waals surface area contributed by atoms with E-state index in [4.69, 9.17) is 23.7 Å². The van der Waals surface area contributed by atoms with E-state index in [1.165, 1.54) is 0 Å². The number of esters is 1. The topological polar surface area (TPSA) is 104 Å². The van der Waals surface area contributed by atoms with Crippen LogP contribution in [0.5, 0.6) is 0 Å². The van der Waals surface area contributed by atoms with Gasteiger partial charge in [-0.15, -0.1) is 0 Å². The number of carbonyl (C=O) groups is 1. The fourth-order valence-electron chi connectivity index (χ4n) is 7.75. The lowest BCUT2D eigenvalue weighted by Gasteiger charge is -2.50. The number of hydrogen-bond acceptors (Lipinski definition) is 8. The monoisotopic (exact) mass is 614 g/mol. The molecular weight excluding hydrogens is 560 g/mol. The molecule has 0 amide bonds. The van der Waals surface area contributed by atoms with Crippen molar-refractivity contribution in [2.24, 2.45) is 23.7 Å². The molecule has 44 heavy (non-hydrogen) atoms. The van der Waals surface area contributed by atoms with E-state index in [0.717, 1.165) is 24.8 Å². The molecule has 3 saturated heterocycles. The first kappa shape index (κ1) is 33.6. The SMILES string of the molecule is CC[C@H]1O[C@]2(CC[C@@H]1C)C[C@@H]1C[C@@H](C/C=C(\C)[C@H](OCC(C)C)[C@@H](C)/C=C/C=C3\CO[C@@H]4[C@H](O)C(C)=C[C@@H](C(=O)O1)[C@]34O)O2. The number of carbonyl (C=O) groups excluding carboxylic acids is 1. The Morgan fingerprint density at radius 1 is 1.14 bits per heavy atom. The standard InChI is InChI=1S/C36H54O8/c1-8-30-22(4)14-15-35(44-30)18-28-17-27(43-35)13-12-24(6)32(40-19-21(2)3)23(5)10-9-11-26-20-41-33-31(37)25(7)16-29(34(38)42-28)36(26,33)39/h9-12,16,21-23,27-33,37,39H,8,13-15,17-20H2,1-7H3/b10-9+,24-12+,26-11+/t22-,23-,27+,28-,29-,30+,31+,32+,33+,35+,36+/m0/s1. The third-order valence-corrected chi connectivity index (χ3v) is 10.3. The summed E-state index contributed by atoms with van der Waals surface area (Å²) in [6.45, 7) is 15.4. The molecule has 8 nitrogen and oxygen atoms in total. The first-order valence-electron chi connectivity index (χ1n) is 16.8. The van der Waals surface area contributed by atoms with Crippen LogP contribution in [0.25, 0.3) is 0 Å². The van der Waals surface area contributed by atoms with Crippen molar-refractivity contribution in [2.75, 3.05) is 13.2 Å². The van der Waals surface area contributed by atoms with Crippen molar-refractivity contribution in [2.45, 2.75) is 135 Å². The molecule has 0 unspecified atom stereocenters. The Balaban J connectivity index is 1.54. The molecule has 2 bridgehead atoms. The molecule has 0 radical (unpaired) electrons. The summed E-state index contributed by atoms with van der Waals surface area (Å²) < 4.78 is 32.2. The summed E-state index contributed by atoms with van der Waals surface area (Å²) in [5.41, 5.74) is 0.536. The quantitative estimate of drug-likeness (QED) is 0.313. The number of aliphatic hydroxyl groups is 2. The van der Waals surface area contributed by atoms with Crippen LogP contribution in [0.2, 0.25) is 0 Å². The van der Waals surface area contributed by atoms with Gasteiger partial charge in [0.25, 0.3) is 0 Å². The molecule has 4 heterocycles. The second-order valence-corrected chi connectivity index (χ2v) is 14.4. The Kier molecular flexibility index (Phi) is 10.3. The zero-order chi connectivity index (χ0) is 31.8. The highest BCUT2D eigenvalue weighted by Crippen LogP contribution is 2.47. The van der Waals surface area contributed by atoms with E-state index in [0.29, 0.717) is 48.9 Å². The molecule has 0 aromatic heterocycles. The van der Waals surface area contributed by atoms with Gasteiger partial charge in [-0.3, -0.25) is 4.79 Å². The zero-order valence-corrected chi connectivity index (χ0v) is 27.7. The third-order valence-electron chi connectivity index (χ3n) is 10.3. The molecule has 8 heteroatoms. The van der Waals surface area contributed by atoms with Gasteiger partial charge < -0.3 is 33.9 Å². The Bertz CT molecular complexity index is 1170. The first-order chi connectivity index (χ1) is 20.9. The van der Waals surface area contributed by atoms with E-state index >= 15 is 0 Å². The summed E-state index contributed by atoms with van der Waals surface area (Å²) in [7, 11) is 0. The van der Waals surface area contributed by atoms with Crippen LogP contribution in [0.15, 0.2) is 47.1 Å². The van der Waals surface area contributed by atoms with Gasteiger partial charge in [-0.2, -0.15) is 0 Å². The normalized spacial score (nSPS) is 46.4. The van der Waals surface area contributed by atoms with Gasteiger partial charge in [-0.05, 0) is 61.7 Å². The van der Waals surface area contributed by atoms with Gasteiger partial charge in [-0.25, -0.2) is 0 Å². The van der Waals surface area contributed by atoms with Gasteiger partial charge >= 0.3 is 5.97 Å². The van der Waals surface area contributed by atoms with Crippen LogP contribution in [-0.2, 0) is 28.5 Å². The number of fused-ring (bicyclic) bond motifs is 2. The minimum absolute atomic E-state index is 0.0437. The highest BCUT2D eigenvalue weighted by atomic mass is 16.7. The predicted molar refractivity (Wildman–Crippen MR) is 168 cm³/mol. The Hall–Kier alpha value is -1.81. The molecular formula is C36H54O8. The summed E-state index contributed by atoms with van der Waals surface area (Å²) in [6, 6.07) is 0. The Morgan fingerprint density at radius 2 is 1.91 bits per heavy atom. The van der Waals surface area contributed by atoms with Crippen molar-refractivity contribution in [3.8, 4) is 0 Å². The summed E-state index contributed by atoms with van der Waals surface area (Å²) in [4.78, 5) is 14.0. The number of hydrogen-bond donors (Lipinski definition) is 2. The number of allylic oxidation sites excluding steroid dienone is 2. The van der Waals surface area contributed by atoms with Crippen LogP contribution in [0, 0.1) is 23.7 Å². The van der Waals surface area contributed by atoms with Crippen molar-refractivity contribution in [1.82, 2.24) is 0 Å². The van der Waals surface area contributed by atoms with Crippen LogP contribution in [-0.4, -0.2) is 77.4 Å². The minimum atomic E-state index is -1.73. The fourth-order valence-corrected chi connectivity index (χ4v) is 7.75. The molecule has 3 fully saturated rings. The lowest BCUT2D eigenvalue weighted by Crippen LogP contribution is -2.58. The molecule has 1 aliphatic carbocycles. The van der Waals surface area contributed by atoms with E-state index in [9.17, 15) is 15.0 Å². The van der Waals surface area contributed by atoms with E-state index in [-0.39, 0.29) is 30.8 Å².